The van der Waals surface area contributed by atoms with Crippen LogP contribution in [-0.4, -0.2) is 51.3 Å². The first-order valence-electron chi connectivity index (χ1n) is 5.79. The summed E-state index contributed by atoms with van der Waals surface area (Å²) in [5.41, 5.74) is 0. The fourth-order valence-electron chi connectivity index (χ4n) is 1.46. The minimum atomic E-state index is 0.838. The van der Waals surface area contributed by atoms with Gasteiger partial charge in [0.05, 0.1) is 0 Å². The Balaban J connectivity index is 3.40. The molecule has 3 nitrogen and oxygen atoms in total. The van der Waals surface area contributed by atoms with Gasteiger partial charge in [0.2, 0.25) is 0 Å². The van der Waals surface area contributed by atoms with Crippen molar-refractivity contribution in [2.45, 2.75) is 26.7 Å². The first-order chi connectivity index (χ1) is 6.85. The molecular formula is C11H26N2O. The summed E-state index contributed by atoms with van der Waals surface area (Å²) in [6.45, 7) is 10.6. The predicted octanol–water partition coefficient (Wildman–Crippen LogP) is 1.34. The molecule has 0 aromatic heterocycles. The van der Waals surface area contributed by atoms with E-state index in [0.717, 1.165) is 39.3 Å². The summed E-state index contributed by atoms with van der Waals surface area (Å²) in [4.78, 5) is 2.50. The van der Waals surface area contributed by atoms with Crippen molar-refractivity contribution < 1.29 is 4.74 Å². The molecule has 0 aromatic rings. The fraction of sp³-hybridized carbons (Fsp3) is 1.00. The quantitative estimate of drug-likeness (QED) is 0.541. The molecule has 0 aliphatic rings. The van der Waals surface area contributed by atoms with E-state index in [-0.39, 0.29) is 0 Å². The van der Waals surface area contributed by atoms with Gasteiger partial charge < -0.3 is 15.0 Å². The number of hydrogen-bond acceptors (Lipinski definition) is 3. The van der Waals surface area contributed by atoms with Crippen LogP contribution in [0.1, 0.15) is 26.7 Å². The number of nitrogens with zero attached hydrogens (tertiary/aromatic N) is 1. The molecule has 0 rings (SSSR count). The molecule has 3 heteroatoms. The van der Waals surface area contributed by atoms with Crippen LogP contribution in [0.2, 0.25) is 0 Å². The van der Waals surface area contributed by atoms with Gasteiger partial charge in [-0.2, -0.15) is 0 Å². The van der Waals surface area contributed by atoms with Crippen molar-refractivity contribution in [2.75, 3.05) is 46.4 Å². The smallest absolute Gasteiger partial charge is 0.0478 e. The zero-order valence-electron chi connectivity index (χ0n) is 10.0. The number of rotatable bonds is 10. The van der Waals surface area contributed by atoms with Crippen molar-refractivity contribution in [3.63, 3.8) is 0 Å². The van der Waals surface area contributed by atoms with Gasteiger partial charge in [-0.05, 0) is 33.4 Å². The molecular weight excluding hydrogens is 176 g/mol. The maximum Gasteiger partial charge on any atom is 0.0478 e. The van der Waals surface area contributed by atoms with Crippen LogP contribution in [0, 0.1) is 0 Å². The first-order valence-corrected chi connectivity index (χ1v) is 5.79. The predicted molar refractivity (Wildman–Crippen MR) is 61.8 cm³/mol. The number of nitrogens with one attached hydrogen (secondary N) is 1. The molecule has 0 saturated heterocycles. The normalized spacial score (nSPS) is 11.1. The van der Waals surface area contributed by atoms with Crippen LogP contribution in [0.4, 0.5) is 0 Å². The Morgan fingerprint density at radius 3 is 2.50 bits per heavy atom. The SMILES string of the molecule is CCCN(CCCOCC)CCNC. The number of likely N-dealkylation sites (N-methyl/N-ethyl adjacent to an activating group) is 1. The summed E-state index contributed by atoms with van der Waals surface area (Å²) in [5.74, 6) is 0. The van der Waals surface area contributed by atoms with Gasteiger partial charge in [0, 0.05) is 32.8 Å². The average molecular weight is 202 g/mol. The molecule has 0 heterocycles. The van der Waals surface area contributed by atoms with E-state index in [1.165, 1.54) is 13.0 Å². The van der Waals surface area contributed by atoms with Crippen LogP contribution in [0.5, 0.6) is 0 Å². The monoisotopic (exact) mass is 202 g/mol. The molecule has 0 aliphatic carbocycles. The standard InChI is InChI=1S/C11H26N2O/c1-4-8-13(10-7-12-3)9-6-11-14-5-2/h12H,4-11H2,1-3H3. The van der Waals surface area contributed by atoms with Crippen LogP contribution >= 0.6 is 0 Å². The van der Waals surface area contributed by atoms with Gasteiger partial charge in [0.15, 0.2) is 0 Å². The molecule has 0 aliphatic heterocycles. The summed E-state index contributed by atoms with van der Waals surface area (Å²) in [6, 6.07) is 0. The molecule has 0 radical (unpaired) electrons. The van der Waals surface area contributed by atoms with Crippen molar-refractivity contribution in [3.05, 3.63) is 0 Å². The minimum absolute atomic E-state index is 0.838. The second kappa shape index (κ2) is 11.0. The van der Waals surface area contributed by atoms with E-state index in [4.69, 9.17) is 4.74 Å². The van der Waals surface area contributed by atoms with E-state index < -0.39 is 0 Å². The van der Waals surface area contributed by atoms with Crippen LogP contribution in [0.15, 0.2) is 0 Å². The Hall–Kier alpha value is -0.120. The topological polar surface area (TPSA) is 24.5 Å². The van der Waals surface area contributed by atoms with Crippen LogP contribution in [0.3, 0.4) is 0 Å². The third-order valence-electron chi connectivity index (χ3n) is 2.19. The van der Waals surface area contributed by atoms with E-state index in [1.54, 1.807) is 0 Å². The zero-order chi connectivity index (χ0) is 10.6. The van der Waals surface area contributed by atoms with Crippen molar-refractivity contribution in [1.82, 2.24) is 10.2 Å². The lowest BCUT2D eigenvalue weighted by Gasteiger charge is -2.21. The molecule has 0 saturated carbocycles. The van der Waals surface area contributed by atoms with Crippen molar-refractivity contribution in [3.8, 4) is 0 Å². The van der Waals surface area contributed by atoms with Gasteiger partial charge in [-0.15, -0.1) is 0 Å². The van der Waals surface area contributed by atoms with E-state index in [0.29, 0.717) is 0 Å². The highest BCUT2D eigenvalue weighted by molar-refractivity contribution is 4.58. The maximum absolute atomic E-state index is 5.32. The second-order valence-corrected chi connectivity index (χ2v) is 3.50. The maximum atomic E-state index is 5.32. The summed E-state index contributed by atoms with van der Waals surface area (Å²) in [5, 5.41) is 3.19. The highest BCUT2D eigenvalue weighted by Crippen LogP contribution is 1.94. The van der Waals surface area contributed by atoms with Crippen LogP contribution < -0.4 is 5.32 Å². The molecule has 0 unspecified atom stereocenters. The highest BCUT2D eigenvalue weighted by Gasteiger charge is 2.01. The lowest BCUT2D eigenvalue weighted by Crippen LogP contribution is -2.32. The zero-order valence-corrected chi connectivity index (χ0v) is 10.0. The lowest BCUT2D eigenvalue weighted by molar-refractivity contribution is 0.132. The van der Waals surface area contributed by atoms with Gasteiger partial charge in [-0.3, -0.25) is 0 Å². The molecule has 0 bridgehead atoms. The Labute approximate surface area is 88.8 Å². The summed E-state index contributed by atoms with van der Waals surface area (Å²) in [6.07, 6.45) is 2.38. The molecule has 0 aromatic carbocycles. The van der Waals surface area contributed by atoms with Gasteiger partial charge in [0.25, 0.3) is 0 Å². The Morgan fingerprint density at radius 2 is 1.93 bits per heavy atom. The molecule has 86 valence electrons. The summed E-state index contributed by atoms with van der Waals surface area (Å²) < 4.78 is 5.32. The fourth-order valence-corrected chi connectivity index (χ4v) is 1.46. The first kappa shape index (κ1) is 13.9. The molecule has 0 fully saturated rings. The van der Waals surface area contributed by atoms with Crippen molar-refractivity contribution in [2.24, 2.45) is 0 Å². The largest absolute Gasteiger partial charge is 0.382 e. The van der Waals surface area contributed by atoms with Crippen molar-refractivity contribution >= 4 is 0 Å². The molecule has 0 atom stereocenters. The van der Waals surface area contributed by atoms with E-state index in [2.05, 4.69) is 17.1 Å². The van der Waals surface area contributed by atoms with Crippen molar-refractivity contribution in [1.29, 1.82) is 0 Å². The van der Waals surface area contributed by atoms with Gasteiger partial charge in [-0.1, -0.05) is 6.92 Å². The Kier molecular flexibility index (Phi) is 10.9. The molecule has 14 heavy (non-hydrogen) atoms. The Morgan fingerprint density at radius 1 is 1.14 bits per heavy atom. The number of ether oxygens (including phenoxy) is 1. The van der Waals surface area contributed by atoms with Crippen LogP contribution in [-0.2, 0) is 4.74 Å². The van der Waals surface area contributed by atoms with E-state index in [1.807, 2.05) is 14.0 Å². The van der Waals surface area contributed by atoms with Gasteiger partial charge >= 0.3 is 0 Å². The van der Waals surface area contributed by atoms with Gasteiger partial charge in [-0.25, -0.2) is 0 Å². The molecule has 0 amide bonds. The Bertz CT molecular complexity index is 109. The lowest BCUT2D eigenvalue weighted by atomic mass is 10.3. The van der Waals surface area contributed by atoms with E-state index >= 15 is 0 Å². The molecule has 1 N–H and O–H groups in total. The van der Waals surface area contributed by atoms with Crippen LogP contribution in [0.25, 0.3) is 0 Å². The highest BCUT2D eigenvalue weighted by atomic mass is 16.5. The van der Waals surface area contributed by atoms with Gasteiger partial charge in [0.1, 0.15) is 0 Å². The summed E-state index contributed by atoms with van der Waals surface area (Å²) >= 11 is 0. The molecule has 0 spiro atoms. The second-order valence-electron chi connectivity index (χ2n) is 3.50. The van der Waals surface area contributed by atoms with E-state index in [9.17, 15) is 0 Å². The number of hydrogen-bond donors (Lipinski definition) is 1. The third kappa shape index (κ3) is 8.48. The third-order valence-corrected chi connectivity index (χ3v) is 2.19. The minimum Gasteiger partial charge on any atom is -0.382 e. The summed E-state index contributed by atoms with van der Waals surface area (Å²) in [7, 11) is 2.00. The average Bonchev–Trinajstić information content (AvgIpc) is 2.20.